The standard InChI is InChI=1S/C30H35ClN2O2S/c1-3-4-17-32-30(35)28(19-24-12-6-5-7-13-24)33(20-25-14-10-11-23(2)18-25)29(34)22-36-21-26-15-8-9-16-27(26)31/h5-16,18,28H,3-4,17,19-22H2,1-2H3,(H,32,35). The Kier molecular flexibility index (Phi) is 11.4. The van der Waals surface area contributed by atoms with Crippen LogP contribution in [0.4, 0.5) is 0 Å². The summed E-state index contributed by atoms with van der Waals surface area (Å²) in [6.07, 6.45) is 2.36. The van der Waals surface area contributed by atoms with Crippen molar-refractivity contribution in [3.63, 3.8) is 0 Å². The van der Waals surface area contributed by atoms with Crippen LogP contribution in [0.2, 0.25) is 5.02 Å². The van der Waals surface area contributed by atoms with E-state index in [-0.39, 0.29) is 17.6 Å². The molecule has 0 saturated carbocycles. The minimum Gasteiger partial charge on any atom is -0.354 e. The number of nitrogens with one attached hydrogen (secondary N) is 1. The van der Waals surface area contributed by atoms with Crippen LogP contribution in [0.1, 0.15) is 42.0 Å². The largest absolute Gasteiger partial charge is 0.354 e. The van der Waals surface area contributed by atoms with Gasteiger partial charge >= 0.3 is 0 Å². The van der Waals surface area contributed by atoms with Crippen molar-refractivity contribution in [2.75, 3.05) is 12.3 Å². The van der Waals surface area contributed by atoms with Crippen LogP contribution >= 0.6 is 23.4 Å². The van der Waals surface area contributed by atoms with Crippen molar-refractivity contribution in [3.05, 3.63) is 106 Å². The summed E-state index contributed by atoms with van der Waals surface area (Å²) < 4.78 is 0. The summed E-state index contributed by atoms with van der Waals surface area (Å²) in [5.74, 6) is 0.741. The molecule has 0 radical (unpaired) electrons. The van der Waals surface area contributed by atoms with Gasteiger partial charge in [0.05, 0.1) is 5.75 Å². The topological polar surface area (TPSA) is 49.4 Å². The smallest absolute Gasteiger partial charge is 0.243 e. The number of nitrogens with zero attached hydrogens (tertiary/aromatic N) is 1. The molecule has 3 aromatic carbocycles. The van der Waals surface area contributed by atoms with E-state index >= 15 is 0 Å². The van der Waals surface area contributed by atoms with Gasteiger partial charge in [-0.15, -0.1) is 11.8 Å². The number of unbranched alkanes of at least 4 members (excludes halogenated alkanes) is 1. The van der Waals surface area contributed by atoms with Crippen LogP contribution in [0.5, 0.6) is 0 Å². The number of benzene rings is 3. The molecule has 1 N–H and O–H groups in total. The number of hydrogen-bond donors (Lipinski definition) is 1. The summed E-state index contributed by atoms with van der Waals surface area (Å²) >= 11 is 7.83. The molecular weight excluding hydrogens is 488 g/mol. The summed E-state index contributed by atoms with van der Waals surface area (Å²) in [6, 6.07) is 25.1. The minimum absolute atomic E-state index is 0.0554. The third kappa shape index (κ3) is 8.72. The van der Waals surface area contributed by atoms with Crippen molar-refractivity contribution in [2.45, 2.75) is 51.4 Å². The lowest BCUT2D eigenvalue weighted by Crippen LogP contribution is -2.51. The van der Waals surface area contributed by atoms with Crippen molar-refractivity contribution in [2.24, 2.45) is 0 Å². The van der Waals surface area contributed by atoms with Crippen molar-refractivity contribution in [1.82, 2.24) is 10.2 Å². The van der Waals surface area contributed by atoms with Crippen molar-refractivity contribution < 1.29 is 9.59 Å². The number of carbonyl (C=O) groups excluding carboxylic acids is 2. The van der Waals surface area contributed by atoms with Crippen LogP contribution in [-0.4, -0.2) is 35.1 Å². The van der Waals surface area contributed by atoms with Crippen LogP contribution in [0.3, 0.4) is 0 Å². The predicted octanol–water partition coefficient (Wildman–Crippen LogP) is 6.44. The molecule has 4 nitrogen and oxygen atoms in total. The van der Waals surface area contributed by atoms with E-state index in [0.29, 0.717) is 30.3 Å². The fourth-order valence-corrected chi connectivity index (χ4v) is 5.21. The van der Waals surface area contributed by atoms with E-state index in [2.05, 4.69) is 18.3 Å². The van der Waals surface area contributed by atoms with Crippen LogP contribution in [-0.2, 0) is 28.3 Å². The number of halogens is 1. The van der Waals surface area contributed by atoms with Gasteiger partial charge in [-0.3, -0.25) is 9.59 Å². The zero-order chi connectivity index (χ0) is 25.8. The number of amides is 2. The first-order valence-electron chi connectivity index (χ1n) is 12.5. The Morgan fingerprint density at radius 3 is 2.42 bits per heavy atom. The van der Waals surface area contributed by atoms with Crippen molar-refractivity contribution in [1.29, 1.82) is 0 Å². The van der Waals surface area contributed by atoms with Crippen LogP contribution in [0.15, 0.2) is 78.9 Å². The quantitative estimate of drug-likeness (QED) is 0.263. The molecule has 6 heteroatoms. The second-order valence-electron chi connectivity index (χ2n) is 8.95. The average molecular weight is 523 g/mol. The highest BCUT2D eigenvalue weighted by Gasteiger charge is 2.30. The second-order valence-corrected chi connectivity index (χ2v) is 10.3. The van der Waals surface area contributed by atoms with E-state index < -0.39 is 6.04 Å². The molecule has 2 amide bonds. The number of hydrogen-bond acceptors (Lipinski definition) is 3. The fourth-order valence-electron chi connectivity index (χ4n) is 4.01. The van der Waals surface area contributed by atoms with Gasteiger partial charge in [0.15, 0.2) is 0 Å². The molecule has 0 aliphatic carbocycles. The van der Waals surface area contributed by atoms with Gasteiger partial charge in [-0.2, -0.15) is 0 Å². The molecule has 1 unspecified atom stereocenters. The van der Waals surface area contributed by atoms with Gasteiger partial charge in [0.2, 0.25) is 11.8 Å². The molecule has 0 fully saturated rings. The first kappa shape index (κ1) is 27.8. The number of thioether (sulfide) groups is 1. The Bertz CT molecular complexity index is 1120. The molecule has 0 aliphatic heterocycles. The van der Waals surface area contributed by atoms with E-state index in [0.717, 1.165) is 35.1 Å². The molecule has 3 rings (SSSR count). The summed E-state index contributed by atoms with van der Waals surface area (Å²) in [4.78, 5) is 28.9. The zero-order valence-electron chi connectivity index (χ0n) is 21.1. The lowest BCUT2D eigenvalue weighted by molar-refractivity contribution is -0.139. The van der Waals surface area contributed by atoms with Crippen molar-refractivity contribution >= 4 is 35.2 Å². The van der Waals surface area contributed by atoms with E-state index in [4.69, 9.17) is 11.6 Å². The monoisotopic (exact) mass is 522 g/mol. The van der Waals surface area contributed by atoms with E-state index in [1.807, 2.05) is 79.7 Å². The van der Waals surface area contributed by atoms with Gasteiger partial charge in [0, 0.05) is 30.3 Å². The Balaban J connectivity index is 1.84. The predicted molar refractivity (Wildman–Crippen MR) is 151 cm³/mol. The van der Waals surface area contributed by atoms with Crippen LogP contribution < -0.4 is 5.32 Å². The summed E-state index contributed by atoms with van der Waals surface area (Å²) in [5, 5.41) is 3.77. The highest BCUT2D eigenvalue weighted by atomic mass is 35.5. The Morgan fingerprint density at radius 1 is 0.972 bits per heavy atom. The SMILES string of the molecule is CCCCNC(=O)C(Cc1ccccc1)N(Cc1cccc(C)c1)C(=O)CSCc1ccccc1Cl. The number of rotatable bonds is 13. The van der Waals surface area contributed by atoms with Gasteiger partial charge in [-0.25, -0.2) is 0 Å². The maximum absolute atomic E-state index is 13.7. The molecule has 0 aromatic heterocycles. The molecular formula is C30H35ClN2O2S. The number of carbonyl (C=O) groups is 2. The molecule has 0 bridgehead atoms. The molecule has 190 valence electrons. The lowest BCUT2D eigenvalue weighted by atomic mass is 10.0. The molecule has 3 aromatic rings. The normalized spacial score (nSPS) is 11.6. The first-order valence-corrected chi connectivity index (χ1v) is 14.0. The summed E-state index contributed by atoms with van der Waals surface area (Å²) in [6.45, 7) is 5.12. The minimum atomic E-state index is -0.599. The fraction of sp³-hybridized carbons (Fsp3) is 0.333. The van der Waals surface area contributed by atoms with Gasteiger partial charge in [-0.1, -0.05) is 103 Å². The molecule has 1 atom stereocenters. The Labute approximate surface area is 224 Å². The molecule has 0 saturated heterocycles. The van der Waals surface area contributed by atoms with Crippen molar-refractivity contribution in [3.8, 4) is 0 Å². The third-order valence-corrected chi connectivity index (χ3v) is 7.31. The highest BCUT2D eigenvalue weighted by molar-refractivity contribution is 7.99. The van der Waals surface area contributed by atoms with Crippen LogP contribution in [0.25, 0.3) is 0 Å². The summed E-state index contributed by atoms with van der Waals surface area (Å²) in [5.41, 5.74) is 4.16. The van der Waals surface area contributed by atoms with E-state index in [9.17, 15) is 9.59 Å². The lowest BCUT2D eigenvalue weighted by Gasteiger charge is -2.31. The Morgan fingerprint density at radius 2 is 1.69 bits per heavy atom. The van der Waals surface area contributed by atoms with Crippen LogP contribution in [0, 0.1) is 6.92 Å². The van der Waals surface area contributed by atoms with Gasteiger partial charge < -0.3 is 10.2 Å². The zero-order valence-corrected chi connectivity index (χ0v) is 22.7. The van der Waals surface area contributed by atoms with Gasteiger partial charge in [0.25, 0.3) is 0 Å². The van der Waals surface area contributed by atoms with Gasteiger partial charge in [0.1, 0.15) is 6.04 Å². The second kappa shape index (κ2) is 14.7. The van der Waals surface area contributed by atoms with E-state index in [1.165, 1.54) is 11.8 Å². The maximum atomic E-state index is 13.7. The summed E-state index contributed by atoms with van der Waals surface area (Å²) in [7, 11) is 0. The highest BCUT2D eigenvalue weighted by Crippen LogP contribution is 2.22. The molecule has 0 aliphatic rings. The first-order chi connectivity index (χ1) is 17.5. The Hall–Kier alpha value is -2.76. The average Bonchev–Trinajstić information content (AvgIpc) is 2.88. The number of aryl methyl sites for hydroxylation is 1. The van der Waals surface area contributed by atoms with Gasteiger partial charge in [-0.05, 0) is 36.1 Å². The molecule has 36 heavy (non-hydrogen) atoms. The third-order valence-electron chi connectivity index (χ3n) is 5.98. The maximum Gasteiger partial charge on any atom is 0.243 e. The molecule has 0 heterocycles. The van der Waals surface area contributed by atoms with E-state index in [1.54, 1.807) is 4.90 Å². The molecule has 0 spiro atoms.